The molecule has 0 atom stereocenters. The normalized spacial score (nSPS) is 17.0. The number of H-pyrrole nitrogens is 1. The maximum atomic E-state index is 13.1. The SMILES string of the molecule is Cc1cc(C(F)(F)F)c2[nH]c(CN3CCNC(=O)C3)nc2c1. The number of alkyl halides is 3. The van der Waals surface area contributed by atoms with E-state index in [9.17, 15) is 18.0 Å². The summed E-state index contributed by atoms with van der Waals surface area (Å²) >= 11 is 0. The summed E-state index contributed by atoms with van der Waals surface area (Å²) in [7, 11) is 0. The van der Waals surface area contributed by atoms with E-state index in [1.807, 2.05) is 4.90 Å². The Morgan fingerprint density at radius 1 is 1.36 bits per heavy atom. The molecule has 1 saturated heterocycles. The van der Waals surface area contributed by atoms with E-state index in [1.54, 1.807) is 13.0 Å². The second-order valence-electron chi connectivity index (χ2n) is 5.45. The largest absolute Gasteiger partial charge is 0.418 e. The summed E-state index contributed by atoms with van der Waals surface area (Å²) in [5.41, 5.74) is 0.0891. The number of benzene rings is 1. The third kappa shape index (κ3) is 2.92. The molecule has 0 unspecified atom stereocenters. The Morgan fingerprint density at radius 2 is 2.14 bits per heavy atom. The molecule has 0 saturated carbocycles. The fourth-order valence-corrected chi connectivity index (χ4v) is 2.64. The maximum absolute atomic E-state index is 13.1. The van der Waals surface area contributed by atoms with Crippen molar-refractivity contribution in [2.24, 2.45) is 0 Å². The van der Waals surface area contributed by atoms with Crippen LogP contribution in [0.15, 0.2) is 12.1 Å². The lowest BCUT2D eigenvalue weighted by Gasteiger charge is -2.25. The van der Waals surface area contributed by atoms with Gasteiger partial charge in [-0.05, 0) is 24.6 Å². The van der Waals surface area contributed by atoms with Crippen molar-refractivity contribution in [2.75, 3.05) is 19.6 Å². The number of piperazine rings is 1. The summed E-state index contributed by atoms with van der Waals surface area (Å²) < 4.78 is 39.3. The quantitative estimate of drug-likeness (QED) is 0.889. The van der Waals surface area contributed by atoms with Gasteiger partial charge in [0.25, 0.3) is 0 Å². The highest BCUT2D eigenvalue weighted by Gasteiger charge is 2.34. The molecular formula is C14H15F3N4O. The van der Waals surface area contributed by atoms with Gasteiger partial charge in [-0.25, -0.2) is 4.98 Å². The molecule has 1 aliphatic heterocycles. The van der Waals surface area contributed by atoms with Crippen molar-refractivity contribution in [3.05, 3.63) is 29.1 Å². The molecule has 0 aliphatic carbocycles. The molecule has 1 fully saturated rings. The first-order valence-corrected chi connectivity index (χ1v) is 6.88. The van der Waals surface area contributed by atoms with Gasteiger partial charge in [-0.15, -0.1) is 0 Å². The van der Waals surface area contributed by atoms with E-state index in [2.05, 4.69) is 15.3 Å². The lowest BCUT2D eigenvalue weighted by molar-refractivity contribution is -0.136. The minimum absolute atomic E-state index is 0.00504. The van der Waals surface area contributed by atoms with Crippen LogP contribution < -0.4 is 5.32 Å². The van der Waals surface area contributed by atoms with E-state index >= 15 is 0 Å². The van der Waals surface area contributed by atoms with Crippen molar-refractivity contribution >= 4 is 16.9 Å². The minimum Gasteiger partial charge on any atom is -0.354 e. The Bertz CT molecular complexity index is 723. The maximum Gasteiger partial charge on any atom is 0.418 e. The molecule has 2 N–H and O–H groups in total. The molecule has 118 valence electrons. The zero-order chi connectivity index (χ0) is 15.9. The summed E-state index contributed by atoms with van der Waals surface area (Å²) in [6, 6.07) is 2.73. The van der Waals surface area contributed by atoms with Gasteiger partial charge in [0.15, 0.2) is 0 Å². The topological polar surface area (TPSA) is 61.0 Å². The van der Waals surface area contributed by atoms with Crippen LogP contribution in [0.5, 0.6) is 0 Å². The number of rotatable bonds is 2. The van der Waals surface area contributed by atoms with Crippen LogP contribution in [0.25, 0.3) is 11.0 Å². The van der Waals surface area contributed by atoms with Crippen molar-refractivity contribution in [1.29, 1.82) is 0 Å². The summed E-state index contributed by atoms with van der Waals surface area (Å²) in [6.07, 6.45) is -4.43. The summed E-state index contributed by atoms with van der Waals surface area (Å²) in [5, 5.41) is 2.70. The molecule has 5 nitrogen and oxygen atoms in total. The zero-order valence-corrected chi connectivity index (χ0v) is 11.9. The Balaban J connectivity index is 1.94. The zero-order valence-electron chi connectivity index (χ0n) is 11.9. The highest BCUT2D eigenvalue weighted by atomic mass is 19.4. The van der Waals surface area contributed by atoms with Crippen molar-refractivity contribution in [1.82, 2.24) is 20.2 Å². The van der Waals surface area contributed by atoms with Gasteiger partial charge < -0.3 is 10.3 Å². The molecule has 0 bridgehead atoms. The molecular weight excluding hydrogens is 297 g/mol. The van der Waals surface area contributed by atoms with Crippen molar-refractivity contribution < 1.29 is 18.0 Å². The predicted octanol–water partition coefficient (Wildman–Crippen LogP) is 1.82. The highest BCUT2D eigenvalue weighted by molar-refractivity contribution is 5.80. The molecule has 0 spiro atoms. The third-order valence-corrected chi connectivity index (χ3v) is 3.58. The van der Waals surface area contributed by atoms with Gasteiger partial charge in [0.1, 0.15) is 5.82 Å². The number of nitrogens with zero attached hydrogens (tertiary/aromatic N) is 2. The van der Waals surface area contributed by atoms with Crippen LogP contribution in [0, 0.1) is 6.92 Å². The summed E-state index contributed by atoms with van der Waals surface area (Å²) in [4.78, 5) is 20.2. The van der Waals surface area contributed by atoms with Gasteiger partial charge in [-0.1, -0.05) is 0 Å². The molecule has 22 heavy (non-hydrogen) atoms. The second-order valence-corrected chi connectivity index (χ2v) is 5.45. The summed E-state index contributed by atoms with van der Waals surface area (Å²) in [5.74, 6) is 0.343. The van der Waals surface area contributed by atoms with Crippen LogP contribution in [0.3, 0.4) is 0 Å². The Hall–Kier alpha value is -2.09. The van der Waals surface area contributed by atoms with Crippen molar-refractivity contribution in [3.63, 3.8) is 0 Å². The number of hydrogen-bond acceptors (Lipinski definition) is 3. The van der Waals surface area contributed by atoms with Gasteiger partial charge in [-0.2, -0.15) is 13.2 Å². The van der Waals surface area contributed by atoms with Crippen LogP contribution in [-0.2, 0) is 17.5 Å². The Kier molecular flexibility index (Phi) is 3.56. The number of hydrogen-bond donors (Lipinski definition) is 2. The van der Waals surface area contributed by atoms with Crippen LogP contribution in [0.2, 0.25) is 0 Å². The standard InChI is InChI=1S/C14H15F3N4O/c1-8-4-9(14(15,16)17)13-10(5-8)19-11(20-13)6-21-3-2-18-12(22)7-21/h4-5H,2-3,6-7H2,1H3,(H,18,22)(H,19,20). The first kappa shape index (κ1) is 14.8. The molecule has 8 heteroatoms. The van der Waals surface area contributed by atoms with Gasteiger partial charge >= 0.3 is 6.18 Å². The molecule has 1 aliphatic rings. The van der Waals surface area contributed by atoms with Gasteiger partial charge in [-0.3, -0.25) is 9.69 Å². The number of imidazole rings is 1. The molecule has 3 rings (SSSR count). The highest BCUT2D eigenvalue weighted by Crippen LogP contribution is 2.34. The molecule has 1 aromatic carbocycles. The number of aromatic nitrogens is 2. The number of halogens is 3. The van der Waals surface area contributed by atoms with Gasteiger partial charge in [0.2, 0.25) is 5.91 Å². The fraction of sp³-hybridized carbons (Fsp3) is 0.429. The first-order chi connectivity index (χ1) is 10.3. The lowest BCUT2D eigenvalue weighted by Crippen LogP contribution is -2.47. The van der Waals surface area contributed by atoms with E-state index in [4.69, 9.17) is 0 Å². The van der Waals surface area contributed by atoms with Crippen molar-refractivity contribution in [2.45, 2.75) is 19.6 Å². The number of fused-ring (bicyclic) bond motifs is 1. The minimum atomic E-state index is -4.43. The van der Waals surface area contributed by atoms with Crippen LogP contribution in [-0.4, -0.2) is 40.4 Å². The average Bonchev–Trinajstić information content (AvgIpc) is 2.78. The van der Waals surface area contributed by atoms with Crippen LogP contribution in [0.4, 0.5) is 13.2 Å². The Labute approximate surface area is 124 Å². The third-order valence-electron chi connectivity index (χ3n) is 3.58. The average molecular weight is 312 g/mol. The van der Waals surface area contributed by atoms with Gasteiger partial charge in [0, 0.05) is 13.1 Å². The molecule has 1 amide bonds. The molecule has 2 heterocycles. The van der Waals surface area contributed by atoms with Crippen LogP contribution in [0.1, 0.15) is 17.0 Å². The number of carbonyl (C=O) groups excluding carboxylic acids is 1. The van der Waals surface area contributed by atoms with E-state index in [1.165, 1.54) is 0 Å². The van der Waals surface area contributed by atoms with E-state index in [0.717, 1.165) is 6.07 Å². The Morgan fingerprint density at radius 3 is 2.82 bits per heavy atom. The monoisotopic (exact) mass is 312 g/mol. The van der Waals surface area contributed by atoms with E-state index < -0.39 is 11.7 Å². The fourth-order valence-electron chi connectivity index (χ4n) is 2.64. The number of carbonyl (C=O) groups is 1. The van der Waals surface area contributed by atoms with Crippen molar-refractivity contribution in [3.8, 4) is 0 Å². The number of nitrogens with one attached hydrogen (secondary N) is 2. The van der Waals surface area contributed by atoms with E-state index in [0.29, 0.717) is 36.5 Å². The number of aromatic amines is 1. The smallest absolute Gasteiger partial charge is 0.354 e. The summed E-state index contributed by atoms with van der Waals surface area (Å²) in [6.45, 7) is 3.33. The van der Waals surface area contributed by atoms with Gasteiger partial charge in [0.05, 0.1) is 29.7 Å². The number of amides is 1. The van der Waals surface area contributed by atoms with Crippen LogP contribution >= 0.6 is 0 Å². The lowest BCUT2D eigenvalue weighted by atomic mass is 10.1. The molecule has 2 aromatic rings. The first-order valence-electron chi connectivity index (χ1n) is 6.88. The number of aryl methyl sites for hydroxylation is 1. The molecule has 1 aromatic heterocycles. The predicted molar refractivity (Wildman–Crippen MR) is 74.1 cm³/mol. The molecule has 0 radical (unpaired) electrons. The second kappa shape index (κ2) is 5.28. The van der Waals surface area contributed by atoms with E-state index in [-0.39, 0.29) is 18.0 Å².